The van der Waals surface area contributed by atoms with E-state index in [1.807, 2.05) is 13.0 Å². The first-order valence-electron chi connectivity index (χ1n) is 7.96. The number of carbonyl (C=O) groups excluding carboxylic acids is 1. The molecule has 1 aromatic carbocycles. The van der Waals surface area contributed by atoms with Crippen molar-refractivity contribution in [3.63, 3.8) is 0 Å². The Balaban J connectivity index is 2.06. The van der Waals surface area contributed by atoms with Crippen LogP contribution >= 0.6 is 0 Å². The molecular formula is C17H23N3O2. The van der Waals surface area contributed by atoms with Crippen LogP contribution in [0.4, 0.5) is 0 Å². The summed E-state index contributed by atoms with van der Waals surface area (Å²) in [6.45, 7) is 4.06. The van der Waals surface area contributed by atoms with Crippen LogP contribution in [-0.2, 0) is 4.74 Å². The standard InChI is InChI=1S/C17H23N3O2/c1-4-15-18-16(20-19-15)14-9-12(17(21)22-3)10(2)8-13(14)11-6-5-7-11/h8-9,11,15,19H,4-7H2,1-3H3,(H,18,20). The van der Waals surface area contributed by atoms with Crippen LogP contribution in [0.5, 0.6) is 0 Å². The van der Waals surface area contributed by atoms with Crippen LogP contribution in [0.2, 0.25) is 0 Å². The van der Waals surface area contributed by atoms with Crippen molar-refractivity contribution >= 4 is 11.8 Å². The third-order valence-electron chi connectivity index (χ3n) is 4.63. The van der Waals surface area contributed by atoms with Crippen LogP contribution in [0.1, 0.15) is 65.6 Å². The van der Waals surface area contributed by atoms with Gasteiger partial charge in [0.15, 0.2) is 0 Å². The highest BCUT2D eigenvalue weighted by molar-refractivity contribution is 6.03. The number of amidine groups is 1. The predicted octanol–water partition coefficient (Wildman–Crippen LogP) is 2.64. The quantitative estimate of drug-likeness (QED) is 0.839. The molecule has 1 atom stereocenters. The van der Waals surface area contributed by atoms with Gasteiger partial charge in [0.1, 0.15) is 12.0 Å². The molecule has 118 valence electrons. The average Bonchev–Trinajstić information content (AvgIpc) is 2.93. The van der Waals surface area contributed by atoms with E-state index < -0.39 is 0 Å². The number of nitrogens with zero attached hydrogens (tertiary/aromatic N) is 1. The van der Waals surface area contributed by atoms with Gasteiger partial charge in [0, 0.05) is 5.56 Å². The van der Waals surface area contributed by atoms with Gasteiger partial charge in [0.05, 0.1) is 12.7 Å². The van der Waals surface area contributed by atoms with Crippen molar-refractivity contribution in [1.82, 2.24) is 10.9 Å². The number of methoxy groups -OCH3 is 1. The van der Waals surface area contributed by atoms with E-state index in [1.165, 1.54) is 31.9 Å². The summed E-state index contributed by atoms with van der Waals surface area (Å²) in [5, 5.41) is 0. The van der Waals surface area contributed by atoms with Crippen LogP contribution in [0, 0.1) is 6.92 Å². The fourth-order valence-electron chi connectivity index (χ4n) is 3.02. The topological polar surface area (TPSA) is 62.7 Å². The Kier molecular flexibility index (Phi) is 4.16. The van der Waals surface area contributed by atoms with E-state index in [1.54, 1.807) is 0 Å². The summed E-state index contributed by atoms with van der Waals surface area (Å²) in [6.07, 6.45) is 4.71. The maximum atomic E-state index is 12.0. The Morgan fingerprint density at radius 3 is 2.73 bits per heavy atom. The zero-order valence-corrected chi connectivity index (χ0v) is 13.4. The Morgan fingerprint density at radius 2 is 2.18 bits per heavy atom. The number of ether oxygens (including phenoxy) is 1. The summed E-state index contributed by atoms with van der Waals surface area (Å²) in [7, 11) is 1.42. The zero-order valence-electron chi connectivity index (χ0n) is 13.4. The molecule has 1 aromatic rings. The molecule has 0 radical (unpaired) electrons. The third kappa shape index (κ3) is 2.61. The minimum atomic E-state index is -0.294. The van der Waals surface area contributed by atoms with Crippen molar-refractivity contribution in [1.29, 1.82) is 0 Å². The molecule has 22 heavy (non-hydrogen) atoms. The minimum Gasteiger partial charge on any atom is -0.465 e. The number of aliphatic imine (C=N–C) groups is 1. The second-order valence-corrected chi connectivity index (χ2v) is 6.04. The Labute approximate surface area is 131 Å². The van der Waals surface area contributed by atoms with Crippen LogP contribution in [-0.4, -0.2) is 25.1 Å². The molecule has 1 heterocycles. The highest BCUT2D eigenvalue weighted by atomic mass is 16.5. The highest BCUT2D eigenvalue weighted by Gasteiger charge is 2.28. The largest absolute Gasteiger partial charge is 0.465 e. The molecule has 2 aliphatic rings. The molecule has 0 aromatic heterocycles. The summed E-state index contributed by atoms with van der Waals surface area (Å²) in [5.74, 6) is 1.11. The van der Waals surface area contributed by atoms with Gasteiger partial charge in [-0.25, -0.2) is 15.2 Å². The Hall–Kier alpha value is -1.88. The van der Waals surface area contributed by atoms with Gasteiger partial charge in [-0.05, 0) is 49.3 Å². The summed E-state index contributed by atoms with van der Waals surface area (Å²) >= 11 is 0. The molecule has 5 heteroatoms. The van der Waals surface area contributed by atoms with Crippen LogP contribution in [0.3, 0.4) is 0 Å². The normalized spacial score (nSPS) is 21.0. The molecule has 0 amide bonds. The maximum Gasteiger partial charge on any atom is 0.338 e. The molecule has 1 aliphatic carbocycles. The summed E-state index contributed by atoms with van der Waals surface area (Å²) < 4.78 is 4.90. The van der Waals surface area contributed by atoms with Gasteiger partial charge in [0.2, 0.25) is 0 Å². The molecule has 0 bridgehead atoms. The van der Waals surface area contributed by atoms with Gasteiger partial charge < -0.3 is 10.2 Å². The number of esters is 1. The molecule has 1 unspecified atom stereocenters. The Bertz CT molecular complexity index is 621. The molecule has 5 nitrogen and oxygen atoms in total. The average molecular weight is 301 g/mol. The van der Waals surface area contributed by atoms with Gasteiger partial charge in [-0.1, -0.05) is 19.4 Å². The fraction of sp³-hybridized carbons (Fsp3) is 0.529. The predicted molar refractivity (Wildman–Crippen MR) is 86.0 cm³/mol. The SMILES string of the molecule is CCC1N=C(c2cc(C(=O)OC)c(C)cc2C2CCC2)NN1. The Morgan fingerprint density at radius 1 is 1.41 bits per heavy atom. The van der Waals surface area contributed by atoms with E-state index in [9.17, 15) is 4.79 Å². The van der Waals surface area contributed by atoms with Gasteiger partial charge in [-0.2, -0.15) is 0 Å². The van der Waals surface area contributed by atoms with E-state index in [0.717, 1.165) is 23.4 Å². The van der Waals surface area contributed by atoms with Crippen molar-refractivity contribution < 1.29 is 9.53 Å². The first-order chi connectivity index (χ1) is 10.6. The van der Waals surface area contributed by atoms with E-state index in [0.29, 0.717) is 11.5 Å². The molecule has 3 rings (SSSR count). The van der Waals surface area contributed by atoms with Crippen molar-refractivity contribution in [2.75, 3.05) is 7.11 Å². The summed E-state index contributed by atoms with van der Waals surface area (Å²) in [5.41, 5.74) is 10.2. The van der Waals surface area contributed by atoms with Crippen LogP contribution < -0.4 is 10.9 Å². The second-order valence-electron chi connectivity index (χ2n) is 6.04. The molecule has 1 aliphatic heterocycles. The first kappa shape index (κ1) is 15.0. The highest BCUT2D eigenvalue weighted by Crippen LogP contribution is 2.39. The zero-order chi connectivity index (χ0) is 15.7. The van der Waals surface area contributed by atoms with Gasteiger partial charge in [-0.15, -0.1) is 0 Å². The van der Waals surface area contributed by atoms with E-state index in [-0.39, 0.29) is 12.1 Å². The number of aryl methyl sites for hydroxylation is 1. The molecular weight excluding hydrogens is 278 g/mol. The summed E-state index contributed by atoms with van der Waals surface area (Å²) in [4.78, 5) is 16.7. The molecule has 1 saturated carbocycles. The molecule has 2 N–H and O–H groups in total. The van der Waals surface area contributed by atoms with Crippen molar-refractivity contribution in [2.24, 2.45) is 4.99 Å². The van der Waals surface area contributed by atoms with Gasteiger partial charge in [-0.3, -0.25) is 0 Å². The number of hydrogen-bond acceptors (Lipinski definition) is 5. The van der Waals surface area contributed by atoms with Crippen molar-refractivity contribution in [3.8, 4) is 0 Å². The smallest absolute Gasteiger partial charge is 0.338 e. The van der Waals surface area contributed by atoms with Gasteiger partial charge in [0.25, 0.3) is 0 Å². The lowest BCUT2D eigenvalue weighted by Gasteiger charge is -2.28. The molecule has 0 saturated heterocycles. The van der Waals surface area contributed by atoms with Crippen molar-refractivity contribution in [2.45, 2.75) is 51.6 Å². The number of rotatable bonds is 4. The minimum absolute atomic E-state index is 0.0899. The van der Waals surface area contributed by atoms with Crippen LogP contribution in [0.25, 0.3) is 0 Å². The van der Waals surface area contributed by atoms with Gasteiger partial charge >= 0.3 is 5.97 Å². The third-order valence-corrected chi connectivity index (χ3v) is 4.63. The maximum absolute atomic E-state index is 12.0. The second kappa shape index (κ2) is 6.08. The van der Waals surface area contributed by atoms with Crippen molar-refractivity contribution in [3.05, 3.63) is 34.4 Å². The number of carbonyl (C=O) groups is 1. The lowest BCUT2D eigenvalue weighted by molar-refractivity contribution is 0.0600. The number of nitrogens with one attached hydrogen (secondary N) is 2. The number of benzene rings is 1. The first-order valence-corrected chi connectivity index (χ1v) is 7.96. The number of hydrazine groups is 1. The monoisotopic (exact) mass is 301 g/mol. The lowest BCUT2D eigenvalue weighted by Crippen LogP contribution is -2.35. The lowest BCUT2D eigenvalue weighted by atomic mass is 9.77. The number of hydrogen-bond donors (Lipinski definition) is 2. The van der Waals surface area contributed by atoms with Crippen LogP contribution in [0.15, 0.2) is 17.1 Å². The van der Waals surface area contributed by atoms with E-state index >= 15 is 0 Å². The molecule has 1 fully saturated rings. The van der Waals surface area contributed by atoms with E-state index in [4.69, 9.17) is 4.74 Å². The molecule has 0 spiro atoms. The van der Waals surface area contributed by atoms with E-state index in [2.05, 4.69) is 28.8 Å². The summed E-state index contributed by atoms with van der Waals surface area (Å²) in [6, 6.07) is 4.06. The fourth-order valence-corrected chi connectivity index (χ4v) is 3.02.